The number of imide groups is 1. The van der Waals surface area contributed by atoms with Crippen molar-refractivity contribution in [1.82, 2.24) is 14.5 Å². The van der Waals surface area contributed by atoms with Crippen LogP contribution in [0.25, 0.3) is 49.7 Å². The van der Waals surface area contributed by atoms with E-state index < -0.39 is 0 Å². The van der Waals surface area contributed by atoms with Crippen LogP contribution in [0, 0.1) is 0 Å². The smallest absolute Gasteiger partial charge is 0.268 e. The van der Waals surface area contributed by atoms with Crippen molar-refractivity contribution < 1.29 is 9.59 Å². The van der Waals surface area contributed by atoms with Gasteiger partial charge in [0.25, 0.3) is 11.8 Å². The quantitative estimate of drug-likeness (QED) is 0.214. The van der Waals surface area contributed by atoms with Crippen LogP contribution in [-0.4, -0.2) is 26.3 Å². The fourth-order valence-corrected chi connectivity index (χ4v) is 5.97. The summed E-state index contributed by atoms with van der Waals surface area (Å²) < 4.78 is 2.10. The van der Waals surface area contributed by atoms with Crippen LogP contribution in [0.4, 0.5) is 5.69 Å². The van der Waals surface area contributed by atoms with E-state index in [1.165, 1.54) is 4.90 Å². The molecule has 8 rings (SSSR count). The van der Waals surface area contributed by atoms with Crippen molar-refractivity contribution >= 4 is 39.3 Å². The number of nitrogens with zero attached hydrogens (tertiary/aromatic N) is 4. The molecule has 0 unspecified atom stereocenters. The first-order chi connectivity index (χ1) is 20.7. The van der Waals surface area contributed by atoms with Crippen molar-refractivity contribution in [3.8, 4) is 27.9 Å². The predicted octanol–water partition coefficient (Wildman–Crippen LogP) is 7.71. The molecule has 0 atom stereocenters. The fraction of sp³-hybridized carbons (Fsp3) is 0. The molecule has 0 N–H and O–H groups in total. The minimum Gasteiger partial charge on any atom is -0.308 e. The number of carbonyl (C=O) groups excluding carboxylic acids is 2. The molecule has 1 aliphatic heterocycles. The molecular weight excluding hydrogens is 520 g/mol. The van der Waals surface area contributed by atoms with E-state index >= 15 is 0 Å². The molecule has 0 aliphatic carbocycles. The summed E-state index contributed by atoms with van der Waals surface area (Å²) >= 11 is 0. The third kappa shape index (κ3) is 3.59. The molecule has 2 amide bonds. The standard InChI is InChI=1S/C36H22N4O2/c41-35-28-11-4-12-33(34(28)36(42)39(35)27-9-2-1-3-10-27)40-31-15-13-23(25-7-5-17-37-21-25)19-29(31)30-20-24(14-16-32(30)40)26-8-6-18-38-22-26/h1-22H. The molecule has 4 heterocycles. The van der Waals surface area contributed by atoms with E-state index in [9.17, 15) is 9.59 Å². The number of benzene rings is 4. The van der Waals surface area contributed by atoms with Gasteiger partial charge in [-0.3, -0.25) is 19.6 Å². The van der Waals surface area contributed by atoms with E-state index in [-0.39, 0.29) is 11.8 Å². The van der Waals surface area contributed by atoms with E-state index in [0.29, 0.717) is 22.5 Å². The lowest BCUT2D eigenvalue weighted by molar-refractivity contribution is 0.0926. The average molecular weight is 543 g/mol. The molecule has 42 heavy (non-hydrogen) atoms. The Bertz CT molecular complexity index is 2080. The van der Waals surface area contributed by atoms with Gasteiger partial charge < -0.3 is 4.57 Å². The molecule has 1 aliphatic rings. The molecule has 7 aromatic rings. The molecule has 0 radical (unpaired) electrons. The number of carbonyl (C=O) groups is 2. The number of amides is 2. The molecule has 6 heteroatoms. The molecule has 6 nitrogen and oxygen atoms in total. The lowest BCUT2D eigenvalue weighted by Crippen LogP contribution is -2.29. The second kappa shape index (κ2) is 9.35. The van der Waals surface area contributed by atoms with Gasteiger partial charge in [0.2, 0.25) is 0 Å². The maximum absolute atomic E-state index is 14.0. The summed E-state index contributed by atoms with van der Waals surface area (Å²) in [6, 6.07) is 35.2. The van der Waals surface area contributed by atoms with E-state index in [2.05, 4.69) is 50.9 Å². The zero-order valence-electron chi connectivity index (χ0n) is 22.3. The SMILES string of the molecule is O=C1c2cccc(-n3c4ccc(-c5cccnc5)cc4c4cc(-c5cccnc5)ccc43)c2C(=O)N1c1ccccc1. The average Bonchev–Trinajstić information content (AvgIpc) is 3.52. The molecule has 0 fully saturated rings. The summed E-state index contributed by atoms with van der Waals surface area (Å²) in [5, 5.41) is 2.07. The number of pyridine rings is 2. The number of fused-ring (bicyclic) bond motifs is 4. The second-order valence-electron chi connectivity index (χ2n) is 10.3. The van der Waals surface area contributed by atoms with Gasteiger partial charge in [-0.1, -0.05) is 48.5 Å². The zero-order valence-corrected chi connectivity index (χ0v) is 22.3. The van der Waals surface area contributed by atoms with Crippen molar-refractivity contribution in [3.05, 3.63) is 145 Å². The van der Waals surface area contributed by atoms with Crippen LogP contribution in [0.1, 0.15) is 20.7 Å². The predicted molar refractivity (Wildman–Crippen MR) is 165 cm³/mol. The van der Waals surface area contributed by atoms with Gasteiger partial charge in [-0.15, -0.1) is 0 Å². The van der Waals surface area contributed by atoms with Gasteiger partial charge in [-0.25, -0.2) is 4.90 Å². The second-order valence-corrected chi connectivity index (χ2v) is 10.3. The minimum absolute atomic E-state index is 0.318. The Morgan fingerprint density at radius 2 is 1.14 bits per heavy atom. The van der Waals surface area contributed by atoms with Crippen LogP contribution in [0.2, 0.25) is 0 Å². The molecule has 3 aromatic heterocycles. The minimum atomic E-state index is -0.328. The van der Waals surface area contributed by atoms with Crippen molar-refractivity contribution in [3.63, 3.8) is 0 Å². The molecule has 0 saturated carbocycles. The summed E-state index contributed by atoms with van der Waals surface area (Å²) in [5.41, 5.74) is 8.02. The maximum atomic E-state index is 14.0. The topological polar surface area (TPSA) is 68.1 Å². The van der Waals surface area contributed by atoms with Crippen molar-refractivity contribution in [2.45, 2.75) is 0 Å². The normalized spacial score (nSPS) is 12.8. The molecule has 0 spiro atoms. The molecule has 198 valence electrons. The number of aromatic nitrogens is 3. The van der Waals surface area contributed by atoms with Crippen LogP contribution in [-0.2, 0) is 0 Å². The van der Waals surface area contributed by atoms with E-state index in [1.807, 2.05) is 67.0 Å². The van der Waals surface area contributed by atoms with Gasteiger partial charge in [0.15, 0.2) is 0 Å². The van der Waals surface area contributed by atoms with Gasteiger partial charge in [0.1, 0.15) is 0 Å². The summed E-state index contributed by atoms with van der Waals surface area (Å²) in [6.07, 6.45) is 7.24. The van der Waals surface area contributed by atoms with Gasteiger partial charge >= 0.3 is 0 Å². The monoisotopic (exact) mass is 542 g/mol. The van der Waals surface area contributed by atoms with E-state index in [4.69, 9.17) is 0 Å². The highest BCUT2D eigenvalue weighted by molar-refractivity contribution is 6.35. The molecule has 4 aromatic carbocycles. The largest absolute Gasteiger partial charge is 0.308 e. The highest BCUT2D eigenvalue weighted by Crippen LogP contribution is 2.40. The molecular formula is C36H22N4O2. The van der Waals surface area contributed by atoms with Gasteiger partial charge in [0.05, 0.1) is 33.5 Å². The first kappa shape index (κ1) is 24.0. The Labute approximate surface area is 241 Å². The Hall–Kier alpha value is -5.88. The number of hydrogen-bond donors (Lipinski definition) is 0. The molecule has 0 bridgehead atoms. The maximum Gasteiger partial charge on any atom is 0.268 e. The third-order valence-electron chi connectivity index (χ3n) is 7.90. The Morgan fingerprint density at radius 1 is 0.524 bits per heavy atom. The van der Waals surface area contributed by atoms with E-state index in [0.717, 1.165) is 44.1 Å². The lowest BCUT2D eigenvalue weighted by atomic mass is 10.0. The van der Waals surface area contributed by atoms with Crippen LogP contribution in [0.15, 0.2) is 134 Å². The number of para-hydroxylation sites is 1. The first-order valence-corrected chi connectivity index (χ1v) is 13.7. The Morgan fingerprint density at radius 3 is 1.71 bits per heavy atom. The third-order valence-corrected chi connectivity index (χ3v) is 7.90. The van der Waals surface area contributed by atoms with Gasteiger partial charge in [-0.05, 0) is 71.8 Å². The first-order valence-electron chi connectivity index (χ1n) is 13.7. The Kier molecular flexibility index (Phi) is 5.34. The van der Waals surface area contributed by atoms with Crippen molar-refractivity contribution in [2.24, 2.45) is 0 Å². The van der Waals surface area contributed by atoms with Crippen LogP contribution in [0.5, 0.6) is 0 Å². The highest BCUT2D eigenvalue weighted by atomic mass is 16.2. The number of hydrogen-bond acceptors (Lipinski definition) is 4. The zero-order chi connectivity index (χ0) is 28.2. The summed E-state index contributed by atoms with van der Waals surface area (Å²) in [7, 11) is 0. The van der Waals surface area contributed by atoms with Gasteiger partial charge in [-0.2, -0.15) is 0 Å². The molecule has 0 saturated heterocycles. The van der Waals surface area contributed by atoms with Crippen LogP contribution < -0.4 is 4.90 Å². The van der Waals surface area contributed by atoms with Gasteiger partial charge in [0, 0.05) is 46.7 Å². The van der Waals surface area contributed by atoms with Crippen LogP contribution in [0.3, 0.4) is 0 Å². The summed E-state index contributed by atoms with van der Waals surface area (Å²) in [6.45, 7) is 0. The van der Waals surface area contributed by atoms with Crippen molar-refractivity contribution in [2.75, 3.05) is 4.90 Å². The summed E-state index contributed by atoms with van der Waals surface area (Å²) in [5.74, 6) is -0.646. The highest BCUT2D eigenvalue weighted by Gasteiger charge is 2.39. The number of rotatable bonds is 4. The van der Waals surface area contributed by atoms with E-state index in [1.54, 1.807) is 30.6 Å². The van der Waals surface area contributed by atoms with Crippen LogP contribution >= 0.6 is 0 Å². The summed E-state index contributed by atoms with van der Waals surface area (Å²) in [4.78, 5) is 37.4. The number of anilines is 1. The van der Waals surface area contributed by atoms with Crippen molar-refractivity contribution in [1.29, 1.82) is 0 Å². The Balaban J connectivity index is 1.40. The fourth-order valence-electron chi connectivity index (χ4n) is 5.97. The lowest BCUT2D eigenvalue weighted by Gasteiger charge is -2.14.